The second kappa shape index (κ2) is 6.63. The van der Waals surface area contributed by atoms with Gasteiger partial charge in [-0.2, -0.15) is 0 Å². The van der Waals surface area contributed by atoms with Crippen molar-refractivity contribution in [1.82, 2.24) is 9.97 Å². The second-order valence-corrected chi connectivity index (χ2v) is 3.91. The molecule has 0 amide bonds. The highest BCUT2D eigenvalue weighted by atomic mass is 16.5. The van der Waals surface area contributed by atoms with Gasteiger partial charge in [-0.1, -0.05) is 5.16 Å². The third-order valence-electron chi connectivity index (χ3n) is 2.60. The van der Waals surface area contributed by atoms with Crippen LogP contribution in [0.2, 0.25) is 0 Å². The van der Waals surface area contributed by atoms with Crippen molar-refractivity contribution in [3.05, 3.63) is 21.9 Å². The molecule has 0 aliphatic rings. The number of methoxy groups -OCH3 is 1. The molecule has 1 aromatic rings. The van der Waals surface area contributed by atoms with Crippen LogP contribution in [0.15, 0.2) is 9.95 Å². The number of ether oxygens (including phenoxy) is 1. The minimum atomic E-state index is -0.335. The molecule has 0 saturated carbocycles. The van der Waals surface area contributed by atoms with Gasteiger partial charge in [0.25, 0.3) is 0 Å². The highest BCUT2D eigenvalue weighted by Crippen LogP contribution is 2.09. The molecule has 0 aliphatic heterocycles. The maximum Gasteiger partial charge on any atom is 0.323 e. The first-order chi connectivity index (χ1) is 8.58. The summed E-state index contributed by atoms with van der Waals surface area (Å²) in [7, 11) is 1.34. The summed E-state index contributed by atoms with van der Waals surface area (Å²) >= 11 is 0. The number of carbonyl (C=O) groups is 1. The molecule has 100 valence electrons. The van der Waals surface area contributed by atoms with E-state index >= 15 is 0 Å². The molecule has 0 bridgehead atoms. The average Bonchev–Trinajstić information content (AvgIpc) is 2.68. The lowest BCUT2D eigenvalue weighted by molar-refractivity contribution is -0.140. The summed E-state index contributed by atoms with van der Waals surface area (Å²) in [5.41, 5.74) is 1.19. The molecular formula is C11H17N3O4. The van der Waals surface area contributed by atoms with E-state index < -0.39 is 0 Å². The first kappa shape index (κ1) is 14.0. The van der Waals surface area contributed by atoms with E-state index in [-0.39, 0.29) is 11.7 Å². The molecule has 0 spiro atoms. The third-order valence-corrected chi connectivity index (χ3v) is 2.60. The summed E-state index contributed by atoms with van der Waals surface area (Å²) < 4.78 is 4.52. The molecule has 0 fully saturated rings. The molecule has 7 heteroatoms. The van der Waals surface area contributed by atoms with E-state index in [9.17, 15) is 9.59 Å². The molecule has 7 nitrogen and oxygen atoms in total. The van der Waals surface area contributed by atoms with Crippen LogP contribution >= 0.6 is 0 Å². The number of nitrogens with one attached hydrogen (secondary N) is 2. The van der Waals surface area contributed by atoms with Crippen LogP contribution in [0.5, 0.6) is 0 Å². The van der Waals surface area contributed by atoms with Crippen molar-refractivity contribution in [3.8, 4) is 0 Å². The van der Waals surface area contributed by atoms with Crippen molar-refractivity contribution in [2.24, 2.45) is 5.16 Å². The van der Waals surface area contributed by atoms with E-state index in [1.54, 1.807) is 6.92 Å². The monoisotopic (exact) mass is 255 g/mol. The highest BCUT2D eigenvalue weighted by Gasteiger charge is 2.11. The lowest BCUT2D eigenvalue weighted by Gasteiger charge is -2.03. The number of oxime groups is 1. The van der Waals surface area contributed by atoms with Crippen molar-refractivity contribution in [3.63, 3.8) is 0 Å². The van der Waals surface area contributed by atoms with E-state index in [1.807, 2.05) is 0 Å². The Hall–Kier alpha value is -2.05. The molecule has 1 heterocycles. The number of nitrogens with zero attached hydrogens (tertiary/aromatic N) is 1. The number of aryl methyl sites for hydroxylation is 1. The van der Waals surface area contributed by atoms with Crippen molar-refractivity contribution in [1.29, 1.82) is 0 Å². The molecule has 1 aromatic heterocycles. The van der Waals surface area contributed by atoms with Crippen molar-refractivity contribution < 1.29 is 14.7 Å². The van der Waals surface area contributed by atoms with E-state index in [0.29, 0.717) is 42.8 Å². The highest BCUT2D eigenvalue weighted by molar-refractivity contribution is 5.99. The molecule has 0 aliphatic carbocycles. The van der Waals surface area contributed by atoms with Gasteiger partial charge in [0, 0.05) is 12.1 Å². The normalized spacial score (nSPS) is 11.6. The number of rotatable bonds is 6. The third kappa shape index (κ3) is 3.76. The van der Waals surface area contributed by atoms with Crippen molar-refractivity contribution >= 4 is 11.7 Å². The minimum Gasteiger partial charge on any atom is -0.469 e. The summed E-state index contributed by atoms with van der Waals surface area (Å²) in [6, 6.07) is 0. The first-order valence-electron chi connectivity index (χ1n) is 5.65. The van der Waals surface area contributed by atoms with Gasteiger partial charge in [-0.15, -0.1) is 0 Å². The number of aromatic nitrogens is 2. The van der Waals surface area contributed by atoms with Gasteiger partial charge >= 0.3 is 11.7 Å². The number of hydrogen-bond donors (Lipinski definition) is 3. The van der Waals surface area contributed by atoms with Gasteiger partial charge in [-0.3, -0.25) is 4.79 Å². The Kier molecular flexibility index (Phi) is 5.16. The summed E-state index contributed by atoms with van der Waals surface area (Å²) in [6.45, 7) is 1.72. The van der Waals surface area contributed by atoms with Crippen LogP contribution in [-0.2, 0) is 9.53 Å². The lowest BCUT2D eigenvalue weighted by Crippen LogP contribution is -2.07. The smallest absolute Gasteiger partial charge is 0.323 e. The number of H-pyrrole nitrogens is 2. The predicted octanol–water partition coefficient (Wildman–Crippen LogP) is 0.923. The SMILES string of the molecule is COC(=O)CCCCC(=NO)c1[nH]c(=O)[nH]c1C. The Morgan fingerprint density at radius 2 is 2.00 bits per heavy atom. The van der Waals surface area contributed by atoms with Gasteiger partial charge in [0.1, 0.15) is 5.71 Å². The van der Waals surface area contributed by atoms with Crippen LogP contribution in [0.4, 0.5) is 0 Å². The second-order valence-electron chi connectivity index (χ2n) is 3.91. The fraction of sp³-hybridized carbons (Fsp3) is 0.545. The fourth-order valence-electron chi connectivity index (χ4n) is 1.65. The molecule has 1 rings (SSSR count). The standard InChI is InChI=1S/C11H17N3O4/c1-7-10(13-11(16)12-7)8(14-17)5-3-4-6-9(15)18-2/h17H,3-6H2,1-2H3,(H2,12,13,16). The minimum absolute atomic E-state index is 0.260. The lowest BCUT2D eigenvalue weighted by atomic mass is 10.1. The van der Waals surface area contributed by atoms with Gasteiger partial charge in [0.15, 0.2) is 0 Å². The van der Waals surface area contributed by atoms with Gasteiger partial charge < -0.3 is 19.9 Å². The Morgan fingerprint density at radius 1 is 1.33 bits per heavy atom. The molecular weight excluding hydrogens is 238 g/mol. The maximum absolute atomic E-state index is 11.1. The molecule has 18 heavy (non-hydrogen) atoms. The number of carbonyl (C=O) groups excluding carboxylic acids is 1. The fourth-order valence-corrected chi connectivity index (χ4v) is 1.65. The largest absolute Gasteiger partial charge is 0.469 e. The molecule has 0 radical (unpaired) electrons. The molecule has 0 unspecified atom stereocenters. The van der Waals surface area contributed by atoms with Crippen molar-refractivity contribution in [2.75, 3.05) is 7.11 Å². The number of esters is 1. The van der Waals surface area contributed by atoms with Gasteiger partial charge in [-0.25, -0.2) is 4.79 Å². The molecule has 0 saturated heterocycles. The summed E-state index contributed by atoms with van der Waals surface area (Å²) in [4.78, 5) is 27.1. The van der Waals surface area contributed by atoms with Crippen molar-refractivity contribution in [2.45, 2.75) is 32.6 Å². The van der Waals surface area contributed by atoms with E-state index in [1.165, 1.54) is 7.11 Å². The average molecular weight is 255 g/mol. The quantitative estimate of drug-likeness (QED) is 0.231. The Bertz CT molecular complexity index is 487. The van der Waals surface area contributed by atoms with E-state index in [0.717, 1.165) is 0 Å². The first-order valence-corrected chi connectivity index (χ1v) is 5.65. The van der Waals surface area contributed by atoms with Crippen LogP contribution in [0.3, 0.4) is 0 Å². The van der Waals surface area contributed by atoms with E-state index in [4.69, 9.17) is 5.21 Å². The zero-order valence-corrected chi connectivity index (χ0v) is 10.4. The zero-order chi connectivity index (χ0) is 13.5. The van der Waals surface area contributed by atoms with Gasteiger partial charge in [0.2, 0.25) is 0 Å². The summed E-state index contributed by atoms with van der Waals surface area (Å²) in [6.07, 6.45) is 2.11. The van der Waals surface area contributed by atoms with Gasteiger partial charge in [-0.05, 0) is 26.2 Å². The Labute approximate surface area is 104 Å². The zero-order valence-electron chi connectivity index (χ0n) is 10.4. The number of unbranched alkanes of at least 4 members (excludes halogenated alkanes) is 1. The topological polar surface area (TPSA) is 108 Å². The van der Waals surface area contributed by atoms with E-state index in [2.05, 4.69) is 19.9 Å². The maximum atomic E-state index is 11.1. The van der Waals surface area contributed by atoms with Crippen LogP contribution < -0.4 is 5.69 Å². The van der Waals surface area contributed by atoms with Gasteiger partial charge in [0.05, 0.1) is 12.8 Å². The Morgan fingerprint density at radius 3 is 2.50 bits per heavy atom. The number of aromatic amines is 2. The van der Waals surface area contributed by atoms with Crippen LogP contribution in [0.25, 0.3) is 0 Å². The van der Waals surface area contributed by atoms with Crippen LogP contribution in [-0.4, -0.2) is 34.0 Å². The summed E-state index contributed by atoms with van der Waals surface area (Å²) in [5, 5.41) is 12.1. The predicted molar refractivity (Wildman–Crippen MR) is 65.0 cm³/mol. The van der Waals surface area contributed by atoms with Crippen LogP contribution in [0.1, 0.15) is 37.1 Å². The molecule has 0 atom stereocenters. The number of hydrogen-bond acceptors (Lipinski definition) is 5. The Balaban J connectivity index is 2.52. The number of imidazole rings is 1. The summed E-state index contributed by atoms with van der Waals surface area (Å²) in [5.74, 6) is -0.260. The molecule has 0 aromatic carbocycles. The molecule has 3 N–H and O–H groups in total. The van der Waals surface area contributed by atoms with Crippen LogP contribution in [0, 0.1) is 6.92 Å².